The van der Waals surface area contributed by atoms with E-state index in [2.05, 4.69) is 0 Å². The fraction of sp³-hybridized carbons (Fsp3) is 0.727. The average molecular weight is 256 g/mol. The number of β-amino-alcohol motifs (C(OH)–C–C–N with tert-alkyl or cyclic N) is 1. The number of carboxylic acids is 1. The molecule has 2 aliphatic heterocycles. The fourth-order valence-electron chi connectivity index (χ4n) is 2.45. The monoisotopic (exact) mass is 256 g/mol. The zero-order chi connectivity index (χ0) is 13.3. The highest BCUT2D eigenvalue weighted by Crippen LogP contribution is 2.19. The highest BCUT2D eigenvalue weighted by Gasteiger charge is 2.39. The standard InChI is InChI=1S/C11H16N2O5/c14-7-4-8(11(17)18)13(5-7)10(16)6-12-3-1-2-9(12)15/h7-8,14H,1-6H2,(H,17,18)/t7-,8-/m0/s1. The van der Waals surface area contributed by atoms with Crippen LogP contribution >= 0.6 is 0 Å². The third-order valence-corrected chi connectivity index (χ3v) is 3.38. The second-order valence-corrected chi connectivity index (χ2v) is 4.71. The summed E-state index contributed by atoms with van der Waals surface area (Å²) >= 11 is 0. The molecule has 2 aliphatic rings. The first-order valence-electron chi connectivity index (χ1n) is 5.97. The van der Waals surface area contributed by atoms with Crippen LogP contribution in [0, 0.1) is 0 Å². The van der Waals surface area contributed by atoms with Gasteiger partial charge in [-0.25, -0.2) is 4.79 Å². The van der Waals surface area contributed by atoms with E-state index < -0.39 is 24.0 Å². The SMILES string of the molecule is O=C(O)[C@@H]1C[C@H](O)CN1C(=O)CN1CCCC1=O. The lowest BCUT2D eigenvalue weighted by Gasteiger charge is -2.24. The Morgan fingerprint density at radius 1 is 1.39 bits per heavy atom. The Bertz CT molecular complexity index is 384. The average Bonchev–Trinajstić information content (AvgIpc) is 2.86. The lowest BCUT2D eigenvalue weighted by Crippen LogP contribution is -2.46. The zero-order valence-electron chi connectivity index (χ0n) is 9.91. The van der Waals surface area contributed by atoms with E-state index in [1.165, 1.54) is 4.90 Å². The van der Waals surface area contributed by atoms with Gasteiger partial charge in [-0.15, -0.1) is 0 Å². The summed E-state index contributed by atoms with van der Waals surface area (Å²) in [7, 11) is 0. The van der Waals surface area contributed by atoms with Gasteiger partial charge in [0, 0.05) is 25.9 Å². The zero-order valence-corrected chi connectivity index (χ0v) is 9.91. The maximum absolute atomic E-state index is 12.0. The van der Waals surface area contributed by atoms with Gasteiger partial charge in [-0.3, -0.25) is 9.59 Å². The van der Waals surface area contributed by atoms with Crippen LogP contribution in [0.25, 0.3) is 0 Å². The minimum Gasteiger partial charge on any atom is -0.480 e. The predicted octanol–water partition coefficient (Wildman–Crippen LogP) is -1.34. The fourth-order valence-corrected chi connectivity index (χ4v) is 2.45. The van der Waals surface area contributed by atoms with Crippen LogP contribution in [0.3, 0.4) is 0 Å². The minimum absolute atomic E-state index is 0.0256. The molecule has 0 radical (unpaired) electrons. The second-order valence-electron chi connectivity index (χ2n) is 4.71. The third-order valence-electron chi connectivity index (χ3n) is 3.38. The number of aliphatic carboxylic acids is 1. The maximum atomic E-state index is 12.0. The number of hydrogen-bond donors (Lipinski definition) is 2. The number of aliphatic hydroxyl groups excluding tert-OH is 1. The molecule has 7 heteroatoms. The molecule has 2 atom stereocenters. The van der Waals surface area contributed by atoms with Gasteiger partial charge in [-0.05, 0) is 6.42 Å². The molecule has 2 amide bonds. The van der Waals surface area contributed by atoms with Crippen molar-refractivity contribution >= 4 is 17.8 Å². The number of carboxylic acid groups (broad SMARTS) is 1. The van der Waals surface area contributed by atoms with Crippen LogP contribution in [-0.4, -0.2) is 69.6 Å². The summed E-state index contributed by atoms with van der Waals surface area (Å²) < 4.78 is 0. The molecule has 2 fully saturated rings. The molecule has 0 aromatic carbocycles. The maximum Gasteiger partial charge on any atom is 0.326 e. The van der Waals surface area contributed by atoms with E-state index >= 15 is 0 Å². The molecule has 0 unspecified atom stereocenters. The molecule has 2 heterocycles. The molecule has 2 saturated heterocycles. The summed E-state index contributed by atoms with van der Waals surface area (Å²) in [5, 5.41) is 18.4. The van der Waals surface area contributed by atoms with Crippen molar-refractivity contribution < 1.29 is 24.6 Å². The van der Waals surface area contributed by atoms with Crippen LogP contribution in [0.4, 0.5) is 0 Å². The molecule has 2 N–H and O–H groups in total. The molecule has 0 aromatic rings. The van der Waals surface area contributed by atoms with Gasteiger partial charge in [0.1, 0.15) is 6.04 Å². The number of carbonyl (C=O) groups excluding carboxylic acids is 2. The Morgan fingerprint density at radius 2 is 2.11 bits per heavy atom. The molecule has 100 valence electrons. The summed E-state index contributed by atoms with van der Waals surface area (Å²) in [6, 6.07) is -0.981. The van der Waals surface area contributed by atoms with Gasteiger partial charge in [0.15, 0.2) is 0 Å². The topological polar surface area (TPSA) is 98.2 Å². The van der Waals surface area contributed by atoms with Crippen molar-refractivity contribution in [2.24, 2.45) is 0 Å². The predicted molar refractivity (Wildman–Crippen MR) is 59.6 cm³/mol. The molecule has 7 nitrogen and oxygen atoms in total. The van der Waals surface area contributed by atoms with E-state index in [1.54, 1.807) is 0 Å². The number of carbonyl (C=O) groups is 3. The highest BCUT2D eigenvalue weighted by molar-refractivity contribution is 5.89. The van der Waals surface area contributed by atoms with E-state index in [9.17, 15) is 19.5 Å². The van der Waals surface area contributed by atoms with Crippen molar-refractivity contribution in [2.45, 2.75) is 31.4 Å². The molecule has 0 spiro atoms. The van der Waals surface area contributed by atoms with Gasteiger partial charge in [-0.2, -0.15) is 0 Å². The lowest BCUT2D eigenvalue weighted by molar-refractivity contribution is -0.149. The molecule has 2 rings (SSSR count). The normalized spacial score (nSPS) is 27.9. The van der Waals surface area contributed by atoms with Gasteiger partial charge in [0.25, 0.3) is 0 Å². The van der Waals surface area contributed by atoms with E-state index in [-0.39, 0.29) is 25.4 Å². The smallest absolute Gasteiger partial charge is 0.326 e. The van der Waals surface area contributed by atoms with E-state index in [0.29, 0.717) is 13.0 Å². The van der Waals surface area contributed by atoms with E-state index in [1.807, 2.05) is 0 Å². The van der Waals surface area contributed by atoms with Crippen LogP contribution in [0.1, 0.15) is 19.3 Å². The van der Waals surface area contributed by atoms with Crippen molar-refractivity contribution in [3.63, 3.8) is 0 Å². The van der Waals surface area contributed by atoms with E-state index in [4.69, 9.17) is 5.11 Å². The number of nitrogens with zero attached hydrogens (tertiary/aromatic N) is 2. The summed E-state index contributed by atoms with van der Waals surface area (Å²) in [6.45, 7) is 0.478. The van der Waals surface area contributed by atoms with Gasteiger partial charge in [-0.1, -0.05) is 0 Å². The van der Waals surface area contributed by atoms with Crippen LogP contribution in [0.2, 0.25) is 0 Å². The molecule has 18 heavy (non-hydrogen) atoms. The molecular weight excluding hydrogens is 240 g/mol. The lowest BCUT2D eigenvalue weighted by atomic mass is 10.2. The Kier molecular flexibility index (Phi) is 3.51. The van der Waals surface area contributed by atoms with Crippen LogP contribution in [-0.2, 0) is 14.4 Å². The summed E-state index contributed by atoms with van der Waals surface area (Å²) in [6.07, 6.45) is 0.425. The summed E-state index contributed by atoms with van der Waals surface area (Å²) in [4.78, 5) is 36.9. The van der Waals surface area contributed by atoms with Crippen molar-refractivity contribution in [1.82, 2.24) is 9.80 Å². The van der Waals surface area contributed by atoms with Crippen LogP contribution in [0.15, 0.2) is 0 Å². The second kappa shape index (κ2) is 4.93. The minimum atomic E-state index is -1.12. The van der Waals surface area contributed by atoms with Crippen molar-refractivity contribution in [2.75, 3.05) is 19.6 Å². The molecular formula is C11H16N2O5. The quantitative estimate of drug-likeness (QED) is 0.651. The number of likely N-dealkylation sites (tertiary alicyclic amines) is 2. The molecule has 0 aliphatic carbocycles. The summed E-state index contributed by atoms with van der Waals surface area (Å²) in [5.74, 6) is -1.60. The first-order valence-corrected chi connectivity index (χ1v) is 5.97. The number of aliphatic hydroxyl groups is 1. The van der Waals surface area contributed by atoms with E-state index in [0.717, 1.165) is 11.3 Å². The number of amides is 2. The first kappa shape index (κ1) is 12.8. The number of rotatable bonds is 3. The molecule has 0 bridgehead atoms. The van der Waals surface area contributed by atoms with Gasteiger partial charge >= 0.3 is 5.97 Å². The van der Waals surface area contributed by atoms with Gasteiger partial charge in [0.05, 0.1) is 12.6 Å². The summed E-state index contributed by atoms with van der Waals surface area (Å²) in [5.41, 5.74) is 0. The van der Waals surface area contributed by atoms with Crippen molar-refractivity contribution in [3.8, 4) is 0 Å². The first-order chi connectivity index (χ1) is 8.49. The highest BCUT2D eigenvalue weighted by atomic mass is 16.4. The van der Waals surface area contributed by atoms with Gasteiger partial charge < -0.3 is 20.0 Å². The Hall–Kier alpha value is -1.63. The van der Waals surface area contributed by atoms with Crippen molar-refractivity contribution in [3.05, 3.63) is 0 Å². The Morgan fingerprint density at radius 3 is 2.67 bits per heavy atom. The Balaban J connectivity index is 1.99. The van der Waals surface area contributed by atoms with Crippen LogP contribution in [0.5, 0.6) is 0 Å². The molecule has 0 saturated carbocycles. The van der Waals surface area contributed by atoms with Crippen molar-refractivity contribution in [1.29, 1.82) is 0 Å². The molecule has 0 aromatic heterocycles. The number of hydrogen-bond acceptors (Lipinski definition) is 4. The third kappa shape index (κ3) is 2.45. The Labute approximate surface area is 104 Å². The van der Waals surface area contributed by atoms with Gasteiger partial charge in [0.2, 0.25) is 11.8 Å². The largest absolute Gasteiger partial charge is 0.480 e. The van der Waals surface area contributed by atoms with Crippen LogP contribution < -0.4 is 0 Å².